The molecule has 4 N–H and O–H groups in total. The molecule has 39 heavy (non-hydrogen) atoms. The molecule has 1 saturated heterocycles. The first kappa shape index (κ1) is 29.0. The van der Waals surface area contributed by atoms with E-state index >= 15 is 0 Å². The molecule has 8 nitrogen and oxygen atoms in total. The van der Waals surface area contributed by atoms with Crippen LogP contribution in [0.3, 0.4) is 0 Å². The summed E-state index contributed by atoms with van der Waals surface area (Å²) < 4.78 is 66.5. The predicted octanol–water partition coefficient (Wildman–Crippen LogP) is 3.41. The normalized spacial score (nSPS) is 19.2. The van der Waals surface area contributed by atoms with Gasteiger partial charge >= 0.3 is 6.18 Å². The number of hydrogen-bond acceptors (Lipinski definition) is 5. The fourth-order valence-electron chi connectivity index (χ4n) is 5.23. The number of nitrogens with zero attached hydrogens (tertiary/aromatic N) is 1. The Morgan fingerprint density at radius 2 is 1.79 bits per heavy atom. The third-order valence-corrected chi connectivity index (χ3v) is 8.68. The Hall–Kier alpha value is -2.96. The van der Waals surface area contributed by atoms with E-state index in [4.69, 9.17) is 5.73 Å². The lowest BCUT2D eigenvalue weighted by molar-refractivity contribution is -0.137. The van der Waals surface area contributed by atoms with E-state index in [2.05, 4.69) is 22.3 Å². The molecule has 12 heteroatoms. The Labute approximate surface area is 226 Å². The summed E-state index contributed by atoms with van der Waals surface area (Å²) in [5.41, 5.74) is 7.54. The largest absolute Gasteiger partial charge is 0.416 e. The molecule has 1 aliphatic carbocycles. The number of likely N-dealkylation sites (tertiary alicyclic amines) is 1. The Balaban J connectivity index is 1.41. The summed E-state index contributed by atoms with van der Waals surface area (Å²) in [5, 5.41) is 2.88. The maximum Gasteiger partial charge on any atom is 0.416 e. The van der Waals surface area contributed by atoms with Crippen LogP contribution in [0.1, 0.15) is 66.8 Å². The summed E-state index contributed by atoms with van der Waals surface area (Å²) in [5.74, 6) is -1.71. The third kappa shape index (κ3) is 7.58. The van der Waals surface area contributed by atoms with Crippen molar-refractivity contribution in [2.45, 2.75) is 74.6 Å². The first-order valence-electron chi connectivity index (χ1n) is 13.0. The first-order chi connectivity index (χ1) is 18.4. The molecule has 2 aromatic rings. The fourth-order valence-corrected chi connectivity index (χ4v) is 6.48. The van der Waals surface area contributed by atoms with Gasteiger partial charge in [0.15, 0.2) is 0 Å². The van der Waals surface area contributed by atoms with Gasteiger partial charge in [0.1, 0.15) is 6.04 Å². The molecule has 0 spiro atoms. The number of hydrogen-bond donors (Lipinski definition) is 3. The molecule has 1 fully saturated rings. The molecular weight excluding hydrogens is 533 g/mol. The Kier molecular flexibility index (Phi) is 8.97. The van der Waals surface area contributed by atoms with Gasteiger partial charge in [-0.1, -0.05) is 30.7 Å². The molecule has 0 radical (unpaired) electrons. The van der Waals surface area contributed by atoms with Crippen LogP contribution in [0.5, 0.6) is 0 Å². The van der Waals surface area contributed by atoms with Crippen molar-refractivity contribution in [2.24, 2.45) is 5.73 Å². The van der Waals surface area contributed by atoms with Crippen LogP contribution in [0, 0.1) is 0 Å². The molecule has 0 saturated carbocycles. The number of nitrogens with one attached hydrogen (secondary N) is 2. The highest BCUT2D eigenvalue weighted by atomic mass is 32.2. The smallest absolute Gasteiger partial charge is 0.368 e. The molecule has 2 aromatic carbocycles. The molecule has 0 bridgehead atoms. The molecule has 0 aromatic heterocycles. The third-order valence-electron chi connectivity index (χ3n) is 7.21. The number of fused-ring (bicyclic) bond motifs is 1. The number of amides is 2. The number of aryl methyl sites for hydroxylation is 1. The molecule has 2 aliphatic rings. The number of piperidine rings is 1. The number of nitrogens with two attached hydrogens (primary N) is 1. The number of rotatable bonds is 9. The summed E-state index contributed by atoms with van der Waals surface area (Å²) in [7, 11) is -4.57. The number of carbonyl (C=O) groups is 2. The van der Waals surface area contributed by atoms with E-state index in [0.717, 1.165) is 61.8 Å². The Bertz CT molecular complexity index is 1310. The van der Waals surface area contributed by atoms with Crippen molar-refractivity contribution in [2.75, 3.05) is 13.1 Å². The highest BCUT2D eigenvalue weighted by Gasteiger charge is 2.33. The highest BCUT2D eigenvalue weighted by molar-refractivity contribution is 7.89. The van der Waals surface area contributed by atoms with Gasteiger partial charge in [-0.2, -0.15) is 17.9 Å². The average molecular weight is 567 g/mol. The van der Waals surface area contributed by atoms with E-state index in [9.17, 15) is 31.2 Å². The number of primary amides is 1. The van der Waals surface area contributed by atoms with E-state index in [1.807, 2.05) is 10.8 Å². The minimum atomic E-state index is -4.75. The first-order valence-corrected chi connectivity index (χ1v) is 14.5. The van der Waals surface area contributed by atoms with Gasteiger partial charge in [0.05, 0.1) is 22.9 Å². The fraction of sp³-hybridized carbons (Fsp3) is 0.481. The van der Waals surface area contributed by atoms with Crippen molar-refractivity contribution < 1.29 is 31.2 Å². The van der Waals surface area contributed by atoms with Crippen molar-refractivity contribution in [1.29, 1.82) is 0 Å². The number of alkyl halides is 3. The van der Waals surface area contributed by atoms with Crippen molar-refractivity contribution in [3.63, 3.8) is 0 Å². The minimum absolute atomic E-state index is 0.307. The minimum Gasteiger partial charge on any atom is -0.368 e. The second kappa shape index (κ2) is 12.1. The van der Waals surface area contributed by atoms with Crippen LogP contribution in [0.4, 0.5) is 13.2 Å². The van der Waals surface area contributed by atoms with E-state index in [0.29, 0.717) is 12.5 Å². The topological polar surface area (TPSA) is 122 Å². The van der Waals surface area contributed by atoms with E-state index in [1.54, 1.807) is 0 Å². The molecule has 2 atom stereocenters. The molecule has 1 heterocycles. The molecule has 1 aliphatic heterocycles. The number of carbonyl (C=O) groups excluding carboxylic acids is 2. The molecular formula is C27H33F3N4O4S. The lowest BCUT2D eigenvalue weighted by Crippen LogP contribution is -2.47. The second-order valence-electron chi connectivity index (χ2n) is 10.2. The zero-order valence-electron chi connectivity index (χ0n) is 21.5. The quantitative estimate of drug-likeness (QED) is 0.430. The van der Waals surface area contributed by atoms with Gasteiger partial charge in [-0.15, -0.1) is 0 Å². The predicted molar refractivity (Wildman–Crippen MR) is 139 cm³/mol. The maximum atomic E-state index is 13.0. The van der Waals surface area contributed by atoms with Gasteiger partial charge in [-0.25, -0.2) is 8.42 Å². The molecule has 4 rings (SSSR count). The van der Waals surface area contributed by atoms with E-state index in [1.165, 1.54) is 24.8 Å². The van der Waals surface area contributed by atoms with E-state index < -0.39 is 50.9 Å². The van der Waals surface area contributed by atoms with Crippen LogP contribution in [0.15, 0.2) is 47.4 Å². The number of benzene rings is 2. The van der Waals surface area contributed by atoms with Gasteiger partial charge in [0.2, 0.25) is 21.8 Å². The van der Waals surface area contributed by atoms with Gasteiger partial charge in [0, 0.05) is 6.54 Å². The average Bonchev–Trinajstić information content (AvgIpc) is 2.88. The van der Waals surface area contributed by atoms with Crippen LogP contribution < -0.4 is 15.8 Å². The Morgan fingerprint density at radius 1 is 1.05 bits per heavy atom. The summed E-state index contributed by atoms with van der Waals surface area (Å²) in [6.45, 7) is 3.07. The summed E-state index contributed by atoms with van der Waals surface area (Å²) in [4.78, 5) is 26.6. The standard InChI is InChI=1S/C27H33F3N4O4S/c28-27(29,30)20-7-5-8-21(15-20)39(37,38)33-24(26(31)36)16-25(35)32-23-9-4-6-19-14-18(10-11-22(19)23)17-34-12-2-1-3-13-34/h5,7-8,10-11,14-15,23-24,33H,1-4,6,9,12-13,16-17H2,(H2,31,36)(H,32,35)/t23-,24-/m1/s1. The zero-order chi connectivity index (χ0) is 28.2. The van der Waals surface area contributed by atoms with Crippen molar-refractivity contribution in [3.8, 4) is 0 Å². The highest BCUT2D eigenvalue weighted by Crippen LogP contribution is 2.32. The monoisotopic (exact) mass is 566 g/mol. The van der Waals surface area contributed by atoms with Crippen LogP contribution in [0.2, 0.25) is 0 Å². The lowest BCUT2D eigenvalue weighted by atomic mass is 9.86. The van der Waals surface area contributed by atoms with Gasteiger partial charge in [-0.05, 0) is 80.1 Å². The van der Waals surface area contributed by atoms with Crippen LogP contribution >= 0.6 is 0 Å². The van der Waals surface area contributed by atoms with Crippen molar-refractivity contribution >= 4 is 21.8 Å². The van der Waals surface area contributed by atoms with E-state index in [-0.39, 0.29) is 6.04 Å². The van der Waals surface area contributed by atoms with Gasteiger partial charge in [-0.3, -0.25) is 14.5 Å². The summed E-state index contributed by atoms with van der Waals surface area (Å²) >= 11 is 0. The van der Waals surface area contributed by atoms with Crippen LogP contribution in [0.25, 0.3) is 0 Å². The van der Waals surface area contributed by atoms with Crippen molar-refractivity contribution in [1.82, 2.24) is 14.9 Å². The number of sulfonamides is 1. The van der Waals surface area contributed by atoms with Crippen molar-refractivity contribution in [3.05, 3.63) is 64.7 Å². The molecule has 0 unspecified atom stereocenters. The van der Waals surface area contributed by atoms with Gasteiger partial charge in [0.25, 0.3) is 0 Å². The molecule has 212 valence electrons. The SMILES string of the molecule is NC(=O)[C@@H](CC(=O)N[C@@H]1CCCc2cc(CN3CCCCC3)ccc21)NS(=O)(=O)c1cccc(C(F)(F)F)c1. The summed E-state index contributed by atoms with van der Waals surface area (Å²) in [6.07, 6.45) is 0.768. The maximum absolute atomic E-state index is 13.0. The zero-order valence-corrected chi connectivity index (χ0v) is 22.3. The van der Waals surface area contributed by atoms with Gasteiger partial charge < -0.3 is 11.1 Å². The van der Waals surface area contributed by atoms with Crippen LogP contribution in [-0.4, -0.2) is 44.3 Å². The summed E-state index contributed by atoms with van der Waals surface area (Å²) in [6, 6.07) is 7.41. The lowest BCUT2D eigenvalue weighted by Gasteiger charge is -2.29. The van der Waals surface area contributed by atoms with Crippen LogP contribution in [-0.2, 0) is 38.8 Å². The Morgan fingerprint density at radius 3 is 2.49 bits per heavy atom. The number of halogens is 3. The second-order valence-corrected chi connectivity index (χ2v) is 11.9. The molecule has 2 amide bonds.